The molecule has 8 nitrogen and oxygen atoms in total. The molecule has 1 aromatic carbocycles. The third kappa shape index (κ3) is 4.78. The molecule has 2 fully saturated rings. The number of halogens is 1. The van der Waals surface area contributed by atoms with Gasteiger partial charge in [0.1, 0.15) is 11.0 Å². The van der Waals surface area contributed by atoms with Crippen molar-refractivity contribution < 1.29 is 4.79 Å². The van der Waals surface area contributed by atoms with Crippen LogP contribution in [0.25, 0.3) is 11.4 Å². The summed E-state index contributed by atoms with van der Waals surface area (Å²) in [5.41, 5.74) is 3.11. The summed E-state index contributed by atoms with van der Waals surface area (Å²) in [6, 6.07) is 8.42. The van der Waals surface area contributed by atoms with Gasteiger partial charge in [-0.15, -0.1) is 0 Å². The first kappa shape index (κ1) is 22.4. The SMILES string of the molecule is CN1CCN(C(=O)CN2CCc3c(Cl)nc(-c4ccc(N5CCN(C)CC5)cc4)nc32)CC1. The number of hydrogen-bond donors (Lipinski definition) is 0. The van der Waals surface area contributed by atoms with Gasteiger partial charge in [0.2, 0.25) is 5.91 Å². The predicted octanol–water partition coefficient (Wildman–Crippen LogP) is 1.69. The molecule has 1 amide bonds. The first-order chi connectivity index (χ1) is 16.0. The number of carbonyl (C=O) groups is 1. The third-order valence-electron chi connectivity index (χ3n) is 7.04. The highest BCUT2D eigenvalue weighted by atomic mass is 35.5. The van der Waals surface area contributed by atoms with Crippen LogP contribution in [0, 0.1) is 0 Å². The van der Waals surface area contributed by atoms with E-state index in [4.69, 9.17) is 16.6 Å². The van der Waals surface area contributed by atoms with Crippen molar-refractivity contribution in [3.63, 3.8) is 0 Å². The van der Waals surface area contributed by atoms with Crippen LogP contribution >= 0.6 is 11.6 Å². The fourth-order valence-electron chi connectivity index (χ4n) is 4.76. The molecule has 0 aliphatic carbocycles. The molecule has 4 heterocycles. The zero-order chi connectivity index (χ0) is 22.9. The van der Waals surface area contributed by atoms with Gasteiger partial charge in [-0.05, 0) is 44.8 Å². The Kier molecular flexibility index (Phi) is 6.40. The largest absolute Gasteiger partial charge is 0.369 e. The second kappa shape index (κ2) is 9.44. The number of nitrogens with zero attached hydrogens (tertiary/aromatic N) is 7. The van der Waals surface area contributed by atoms with Crippen LogP contribution in [0.3, 0.4) is 0 Å². The fraction of sp³-hybridized carbons (Fsp3) is 0.542. The Labute approximate surface area is 200 Å². The quantitative estimate of drug-likeness (QED) is 0.631. The van der Waals surface area contributed by atoms with Crippen LogP contribution in [-0.4, -0.2) is 110 Å². The molecular weight excluding hydrogens is 438 g/mol. The molecule has 9 heteroatoms. The molecule has 0 unspecified atom stereocenters. The minimum Gasteiger partial charge on any atom is -0.369 e. The number of piperazine rings is 2. The normalized spacial score (nSPS) is 19.8. The first-order valence-electron chi connectivity index (χ1n) is 11.8. The first-order valence-corrected chi connectivity index (χ1v) is 12.2. The van der Waals surface area contributed by atoms with Crippen molar-refractivity contribution in [2.75, 3.05) is 89.3 Å². The molecule has 2 saturated heterocycles. The van der Waals surface area contributed by atoms with Crippen molar-refractivity contribution in [3.8, 4) is 11.4 Å². The zero-order valence-corrected chi connectivity index (χ0v) is 20.3. The summed E-state index contributed by atoms with van der Waals surface area (Å²) in [4.78, 5) is 33.4. The highest BCUT2D eigenvalue weighted by Crippen LogP contribution is 2.33. The van der Waals surface area contributed by atoms with Crippen molar-refractivity contribution in [1.29, 1.82) is 0 Å². The summed E-state index contributed by atoms with van der Waals surface area (Å²) in [5, 5.41) is 0.493. The van der Waals surface area contributed by atoms with Crippen molar-refractivity contribution in [2.24, 2.45) is 0 Å². The topological polar surface area (TPSA) is 59.1 Å². The fourth-order valence-corrected chi connectivity index (χ4v) is 5.02. The lowest BCUT2D eigenvalue weighted by Crippen LogP contribution is -2.50. The minimum absolute atomic E-state index is 0.156. The Morgan fingerprint density at radius 2 is 1.52 bits per heavy atom. The van der Waals surface area contributed by atoms with Crippen LogP contribution in [0.4, 0.5) is 11.5 Å². The second-order valence-corrected chi connectivity index (χ2v) is 9.69. The number of amides is 1. The second-order valence-electron chi connectivity index (χ2n) is 9.33. The Bertz CT molecular complexity index is 999. The minimum atomic E-state index is 0.156. The van der Waals surface area contributed by atoms with Crippen LogP contribution in [0.2, 0.25) is 5.15 Å². The van der Waals surface area contributed by atoms with E-state index in [9.17, 15) is 4.79 Å². The Morgan fingerprint density at radius 1 is 0.879 bits per heavy atom. The highest BCUT2D eigenvalue weighted by Gasteiger charge is 2.29. The van der Waals surface area contributed by atoms with Gasteiger partial charge in [0.15, 0.2) is 5.82 Å². The van der Waals surface area contributed by atoms with Gasteiger partial charge in [0.25, 0.3) is 0 Å². The molecule has 2 aromatic rings. The summed E-state index contributed by atoms with van der Waals surface area (Å²) in [5.74, 6) is 1.57. The van der Waals surface area contributed by atoms with Gasteiger partial charge >= 0.3 is 0 Å². The highest BCUT2D eigenvalue weighted by molar-refractivity contribution is 6.30. The molecule has 0 N–H and O–H groups in total. The van der Waals surface area contributed by atoms with Crippen LogP contribution in [0.5, 0.6) is 0 Å². The van der Waals surface area contributed by atoms with E-state index in [1.165, 1.54) is 5.69 Å². The zero-order valence-electron chi connectivity index (χ0n) is 19.5. The average molecular weight is 470 g/mol. The number of fused-ring (bicyclic) bond motifs is 1. The number of rotatable bonds is 4. The van der Waals surface area contributed by atoms with E-state index in [2.05, 4.69) is 62.9 Å². The van der Waals surface area contributed by atoms with Gasteiger partial charge in [-0.3, -0.25) is 4.79 Å². The number of hydrogen-bond acceptors (Lipinski definition) is 7. The van der Waals surface area contributed by atoms with E-state index in [0.29, 0.717) is 17.5 Å². The van der Waals surface area contributed by atoms with Gasteiger partial charge in [-0.1, -0.05) is 11.6 Å². The van der Waals surface area contributed by atoms with E-state index >= 15 is 0 Å². The standard InChI is InChI=1S/C24H32ClN7O/c1-28-9-13-30(14-10-28)19-5-3-18(4-6-19)23-26-22(25)20-7-8-32(24(20)27-23)17-21(33)31-15-11-29(2)12-16-31/h3-6H,7-17H2,1-2H3. The van der Waals surface area contributed by atoms with E-state index in [0.717, 1.165) is 82.3 Å². The predicted molar refractivity (Wildman–Crippen MR) is 132 cm³/mol. The lowest BCUT2D eigenvalue weighted by Gasteiger charge is -2.34. The van der Waals surface area contributed by atoms with Crippen LogP contribution in [0.1, 0.15) is 5.56 Å². The number of aromatic nitrogens is 2. The van der Waals surface area contributed by atoms with Gasteiger partial charge in [0.05, 0.1) is 6.54 Å². The molecule has 3 aliphatic heterocycles. The van der Waals surface area contributed by atoms with Crippen LogP contribution in [0.15, 0.2) is 24.3 Å². The molecule has 33 heavy (non-hydrogen) atoms. The van der Waals surface area contributed by atoms with Crippen LogP contribution in [-0.2, 0) is 11.2 Å². The van der Waals surface area contributed by atoms with Crippen molar-refractivity contribution in [2.45, 2.75) is 6.42 Å². The molecular formula is C24H32ClN7O. The number of likely N-dealkylation sites (N-methyl/N-ethyl adjacent to an activating group) is 2. The van der Waals surface area contributed by atoms with E-state index in [1.807, 2.05) is 4.90 Å². The van der Waals surface area contributed by atoms with Crippen molar-refractivity contribution in [1.82, 2.24) is 24.7 Å². The Balaban J connectivity index is 1.31. The smallest absolute Gasteiger partial charge is 0.242 e. The Hall–Kier alpha value is -2.42. The Morgan fingerprint density at radius 3 is 2.18 bits per heavy atom. The van der Waals surface area contributed by atoms with E-state index < -0.39 is 0 Å². The maximum absolute atomic E-state index is 12.9. The summed E-state index contributed by atoms with van der Waals surface area (Å²) >= 11 is 6.57. The summed E-state index contributed by atoms with van der Waals surface area (Å²) in [6.45, 7) is 8.72. The van der Waals surface area contributed by atoms with Gasteiger partial charge in [-0.2, -0.15) is 0 Å². The van der Waals surface area contributed by atoms with E-state index in [1.54, 1.807) is 0 Å². The van der Waals surface area contributed by atoms with Gasteiger partial charge in [-0.25, -0.2) is 9.97 Å². The molecule has 1 aromatic heterocycles. The lowest BCUT2D eigenvalue weighted by molar-refractivity contribution is -0.131. The molecule has 0 saturated carbocycles. The molecule has 0 atom stereocenters. The lowest BCUT2D eigenvalue weighted by atomic mass is 10.1. The number of anilines is 2. The molecule has 176 valence electrons. The number of carbonyl (C=O) groups excluding carboxylic acids is 1. The molecule has 3 aliphatic rings. The summed E-state index contributed by atoms with van der Waals surface area (Å²) in [6.07, 6.45) is 0.771. The van der Waals surface area contributed by atoms with Crippen molar-refractivity contribution in [3.05, 3.63) is 35.0 Å². The average Bonchev–Trinajstić information content (AvgIpc) is 3.23. The molecule has 0 bridgehead atoms. The molecule has 5 rings (SSSR count). The van der Waals surface area contributed by atoms with E-state index in [-0.39, 0.29) is 5.91 Å². The van der Waals surface area contributed by atoms with Gasteiger partial charge < -0.3 is 24.5 Å². The number of benzene rings is 1. The third-order valence-corrected chi connectivity index (χ3v) is 7.35. The van der Waals surface area contributed by atoms with Crippen LogP contribution < -0.4 is 9.80 Å². The molecule has 0 radical (unpaired) electrons. The summed E-state index contributed by atoms with van der Waals surface area (Å²) < 4.78 is 0. The maximum Gasteiger partial charge on any atom is 0.242 e. The summed E-state index contributed by atoms with van der Waals surface area (Å²) in [7, 11) is 4.26. The monoisotopic (exact) mass is 469 g/mol. The van der Waals surface area contributed by atoms with Gasteiger partial charge in [0, 0.05) is 75.7 Å². The van der Waals surface area contributed by atoms with Crippen molar-refractivity contribution >= 4 is 29.0 Å². The maximum atomic E-state index is 12.9. The molecule has 0 spiro atoms.